The predicted molar refractivity (Wildman–Crippen MR) is 72.8 cm³/mol. The fraction of sp³-hybridized carbons (Fsp3) is 0.188. The van der Waals surface area contributed by atoms with Crippen LogP contribution in [0.25, 0.3) is 11.1 Å². The second kappa shape index (κ2) is 5.88. The minimum atomic E-state index is -4.44. The number of nitriles is 1. The second-order valence-corrected chi connectivity index (χ2v) is 4.33. The summed E-state index contributed by atoms with van der Waals surface area (Å²) in [7, 11) is 0. The summed E-state index contributed by atoms with van der Waals surface area (Å²) < 4.78 is 43.8. The van der Waals surface area contributed by atoms with Crippen molar-refractivity contribution in [1.29, 1.82) is 5.26 Å². The highest BCUT2D eigenvalue weighted by Gasteiger charge is 2.31. The summed E-state index contributed by atoms with van der Waals surface area (Å²) in [5.41, 5.74) is 0.174. The number of ether oxygens (including phenoxy) is 1. The molecule has 0 fully saturated rings. The van der Waals surface area contributed by atoms with Crippen LogP contribution in [0.5, 0.6) is 5.75 Å². The lowest BCUT2D eigenvalue weighted by Crippen LogP contribution is -2.05. The highest BCUT2D eigenvalue weighted by atomic mass is 19.4. The molecule has 0 aromatic heterocycles. The maximum absolute atomic E-state index is 12.8. The highest BCUT2D eigenvalue weighted by Crippen LogP contribution is 2.34. The van der Waals surface area contributed by atoms with Crippen molar-refractivity contribution in [3.63, 3.8) is 0 Å². The van der Waals surface area contributed by atoms with Gasteiger partial charge in [0.05, 0.1) is 23.8 Å². The van der Waals surface area contributed by atoms with Gasteiger partial charge in [-0.2, -0.15) is 18.4 Å². The third kappa shape index (κ3) is 3.34. The van der Waals surface area contributed by atoms with Crippen LogP contribution >= 0.6 is 0 Å². The average molecular weight is 291 g/mol. The smallest absolute Gasteiger partial charge is 0.416 e. The van der Waals surface area contributed by atoms with Crippen LogP contribution in [-0.2, 0) is 6.18 Å². The average Bonchev–Trinajstić information content (AvgIpc) is 2.46. The van der Waals surface area contributed by atoms with E-state index in [4.69, 9.17) is 10.00 Å². The van der Waals surface area contributed by atoms with Gasteiger partial charge < -0.3 is 4.74 Å². The van der Waals surface area contributed by atoms with E-state index < -0.39 is 11.7 Å². The molecule has 0 saturated heterocycles. The maximum atomic E-state index is 12.8. The standard InChI is InChI=1S/C16H12F3NO/c1-2-21-14-5-3-4-11(8-14)15-9-13(16(17,18)19)7-6-12(15)10-20/h3-9H,2H2,1H3. The molecule has 0 amide bonds. The molecule has 2 nitrogen and oxygen atoms in total. The van der Waals surface area contributed by atoms with Gasteiger partial charge in [-0.1, -0.05) is 12.1 Å². The van der Waals surface area contributed by atoms with Crippen LogP contribution in [0, 0.1) is 11.3 Å². The Labute approximate surface area is 120 Å². The molecular weight excluding hydrogens is 279 g/mol. The Morgan fingerprint density at radius 3 is 2.52 bits per heavy atom. The Kier molecular flexibility index (Phi) is 4.18. The first-order valence-corrected chi connectivity index (χ1v) is 6.30. The van der Waals surface area contributed by atoms with E-state index in [2.05, 4.69) is 0 Å². The SMILES string of the molecule is CCOc1cccc(-c2cc(C(F)(F)F)ccc2C#N)c1. The molecule has 5 heteroatoms. The molecule has 0 heterocycles. The molecule has 0 aliphatic rings. The highest BCUT2D eigenvalue weighted by molar-refractivity contribution is 5.72. The van der Waals surface area contributed by atoms with Gasteiger partial charge >= 0.3 is 6.18 Å². The summed E-state index contributed by atoms with van der Waals surface area (Å²) in [6.07, 6.45) is -4.44. The van der Waals surface area contributed by atoms with Crippen molar-refractivity contribution in [3.8, 4) is 22.9 Å². The van der Waals surface area contributed by atoms with Gasteiger partial charge in [-0.15, -0.1) is 0 Å². The van der Waals surface area contributed by atoms with E-state index in [1.54, 1.807) is 24.3 Å². The number of rotatable bonds is 3. The molecular formula is C16H12F3NO. The zero-order chi connectivity index (χ0) is 15.5. The third-order valence-electron chi connectivity index (χ3n) is 2.92. The molecule has 0 radical (unpaired) electrons. The number of alkyl halides is 3. The number of hydrogen-bond acceptors (Lipinski definition) is 2. The molecule has 2 aromatic carbocycles. The lowest BCUT2D eigenvalue weighted by molar-refractivity contribution is -0.137. The van der Waals surface area contributed by atoms with Gasteiger partial charge in [-0.25, -0.2) is 0 Å². The van der Waals surface area contributed by atoms with Crippen molar-refractivity contribution in [3.05, 3.63) is 53.6 Å². The summed E-state index contributed by atoms with van der Waals surface area (Å²) in [5.74, 6) is 0.552. The van der Waals surface area contributed by atoms with E-state index in [1.807, 2.05) is 13.0 Å². The molecule has 0 aliphatic heterocycles. The first-order valence-electron chi connectivity index (χ1n) is 6.30. The van der Waals surface area contributed by atoms with Crippen LogP contribution < -0.4 is 4.74 Å². The molecule has 21 heavy (non-hydrogen) atoms. The molecule has 2 rings (SSSR count). The summed E-state index contributed by atoms with van der Waals surface area (Å²) >= 11 is 0. The normalized spacial score (nSPS) is 11.0. The van der Waals surface area contributed by atoms with Gasteiger partial charge in [0.25, 0.3) is 0 Å². The second-order valence-electron chi connectivity index (χ2n) is 4.33. The van der Waals surface area contributed by atoms with Gasteiger partial charge in [0.1, 0.15) is 5.75 Å². The largest absolute Gasteiger partial charge is 0.494 e. The number of halogens is 3. The minimum absolute atomic E-state index is 0.191. The molecule has 0 aliphatic carbocycles. The van der Waals surface area contributed by atoms with Crippen molar-refractivity contribution in [2.24, 2.45) is 0 Å². The van der Waals surface area contributed by atoms with E-state index in [1.165, 1.54) is 6.07 Å². The zero-order valence-electron chi connectivity index (χ0n) is 11.2. The van der Waals surface area contributed by atoms with E-state index in [0.29, 0.717) is 17.9 Å². The Bertz CT molecular complexity index is 687. The summed E-state index contributed by atoms with van der Waals surface area (Å²) in [5, 5.41) is 9.08. The van der Waals surface area contributed by atoms with Gasteiger partial charge in [-0.05, 0) is 42.8 Å². The molecule has 0 spiro atoms. The minimum Gasteiger partial charge on any atom is -0.494 e. The van der Waals surface area contributed by atoms with E-state index >= 15 is 0 Å². The van der Waals surface area contributed by atoms with Gasteiger partial charge in [-0.3, -0.25) is 0 Å². The molecule has 0 bridgehead atoms. The molecule has 2 aromatic rings. The number of nitrogens with zero attached hydrogens (tertiary/aromatic N) is 1. The van der Waals surface area contributed by atoms with Crippen molar-refractivity contribution in [2.45, 2.75) is 13.1 Å². The molecule has 0 saturated carbocycles. The first-order chi connectivity index (χ1) is 9.95. The monoisotopic (exact) mass is 291 g/mol. The van der Waals surface area contributed by atoms with Gasteiger partial charge in [0.15, 0.2) is 0 Å². The Morgan fingerprint density at radius 1 is 1.14 bits per heavy atom. The maximum Gasteiger partial charge on any atom is 0.416 e. The van der Waals surface area contributed by atoms with Gasteiger partial charge in [0.2, 0.25) is 0 Å². The fourth-order valence-corrected chi connectivity index (χ4v) is 1.98. The number of hydrogen-bond donors (Lipinski definition) is 0. The zero-order valence-corrected chi connectivity index (χ0v) is 11.2. The van der Waals surface area contributed by atoms with Crippen LogP contribution in [0.15, 0.2) is 42.5 Å². The fourth-order valence-electron chi connectivity index (χ4n) is 1.98. The molecule has 0 unspecified atom stereocenters. The van der Waals surface area contributed by atoms with E-state index in [0.717, 1.165) is 12.1 Å². The van der Waals surface area contributed by atoms with Gasteiger partial charge in [0, 0.05) is 5.56 Å². The van der Waals surface area contributed by atoms with Crippen molar-refractivity contribution >= 4 is 0 Å². The third-order valence-corrected chi connectivity index (χ3v) is 2.92. The van der Waals surface area contributed by atoms with Crippen LogP contribution in [0.4, 0.5) is 13.2 Å². The molecule has 0 N–H and O–H groups in total. The quantitative estimate of drug-likeness (QED) is 0.825. The Morgan fingerprint density at radius 2 is 1.90 bits per heavy atom. The molecule has 0 atom stereocenters. The topological polar surface area (TPSA) is 33.0 Å². The van der Waals surface area contributed by atoms with Crippen LogP contribution in [-0.4, -0.2) is 6.61 Å². The van der Waals surface area contributed by atoms with Crippen LogP contribution in [0.3, 0.4) is 0 Å². The van der Waals surface area contributed by atoms with Crippen molar-refractivity contribution in [1.82, 2.24) is 0 Å². The Balaban J connectivity index is 2.56. The van der Waals surface area contributed by atoms with Crippen LogP contribution in [0.1, 0.15) is 18.1 Å². The van der Waals surface area contributed by atoms with E-state index in [-0.39, 0.29) is 11.1 Å². The molecule has 108 valence electrons. The number of benzene rings is 2. The van der Waals surface area contributed by atoms with Crippen molar-refractivity contribution < 1.29 is 17.9 Å². The summed E-state index contributed by atoms with van der Waals surface area (Å²) in [6, 6.07) is 11.7. The van der Waals surface area contributed by atoms with Crippen molar-refractivity contribution in [2.75, 3.05) is 6.61 Å². The van der Waals surface area contributed by atoms with E-state index in [9.17, 15) is 13.2 Å². The first kappa shape index (κ1) is 14.9. The lowest BCUT2D eigenvalue weighted by atomic mass is 9.97. The lowest BCUT2D eigenvalue weighted by Gasteiger charge is -2.11. The summed E-state index contributed by atoms with van der Waals surface area (Å²) in [6.45, 7) is 2.27. The Hall–Kier alpha value is -2.48. The van der Waals surface area contributed by atoms with Crippen LogP contribution in [0.2, 0.25) is 0 Å². The summed E-state index contributed by atoms with van der Waals surface area (Å²) in [4.78, 5) is 0. The predicted octanol–water partition coefficient (Wildman–Crippen LogP) is 4.64.